The summed E-state index contributed by atoms with van der Waals surface area (Å²) in [6, 6.07) is 2.80. The zero-order valence-electron chi connectivity index (χ0n) is 14.8. The van der Waals surface area contributed by atoms with Crippen molar-refractivity contribution in [1.29, 1.82) is 5.41 Å². The highest BCUT2D eigenvalue weighted by Gasteiger charge is 2.19. The van der Waals surface area contributed by atoms with Gasteiger partial charge in [0.15, 0.2) is 17.3 Å². The predicted octanol–water partition coefficient (Wildman–Crippen LogP) is 2.31. The van der Waals surface area contributed by atoms with E-state index in [1.807, 2.05) is 0 Å². The number of rotatable bonds is 8. The van der Waals surface area contributed by atoms with E-state index < -0.39 is 24.1 Å². The van der Waals surface area contributed by atoms with Gasteiger partial charge in [-0.2, -0.15) is 0 Å². The van der Waals surface area contributed by atoms with E-state index in [4.69, 9.17) is 24.4 Å². The zero-order chi connectivity index (χ0) is 19.1. The van der Waals surface area contributed by atoms with Gasteiger partial charge in [-0.1, -0.05) is 0 Å². The molecular weight excluding hydrogens is 330 g/mol. The van der Waals surface area contributed by atoms with Crippen molar-refractivity contribution in [3.8, 4) is 17.2 Å². The van der Waals surface area contributed by atoms with E-state index in [2.05, 4.69) is 0 Å². The minimum absolute atomic E-state index is 0.109. The van der Waals surface area contributed by atoms with Gasteiger partial charge in [0.25, 0.3) is 0 Å². The van der Waals surface area contributed by atoms with Crippen molar-refractivity contribution in [1.82, 2.24) is 0 Å². The Balaban J connectivity index is 3.07. The molecule has 1 rings (SSSR count). The largest absolute Gasteiger partial charge is 0.508 e. The number of aliphatic hydroxyl groups excluding tert-OH is 1. The summed E-state index contributed by atoms with van der Waals surface area (Å²) in [6.45, 7) is 2.03. The van der Waals surface area contributed by atoms with Crippen LogP contribution >= 0.6 is 0 Å². The highest BCUT2D eigenvalue weighted by Crippen LogP contribution is 2.38. The number of carbonyl (C=O) groups excluding carboxylic acids is 2. The summed E-state index contributed by atoms with van der Waals surface area (Å²) < 4.78 is 20.5. The van der Waals surface area contributed by atoms with E-state index in [1.54, 1.807) is 0 Å². The smallest absolute Gasteiger partial charge is 0.338 e. The predicted molar refractivity (Wildman–Crippen MR) is 90.1 cm³/mol. The molecule has 0 atom stereocenters. The first-order chi connectivity index (χ1) is 11.8. The van der Waals surface area contributed by atoms with Gasteiger partial charge in [-0.05, 0) is 26.0 Å². The van der Waals surface area contributed by atoms with Crippen LogP contribution < -0.4 is 14.2 Å². The molecule has 0 fully saturated rings. The molecule has 25 heavy (non-hydrogen) atoms. The van der Waals surface area contributed by atoms with E-state index in [0.29, 0.717) is 5.75 Å². The summed E-state index contributed by atoms with van der Waals surface area (Å²) in [6.07, 6.45) is 0. The summed E-state index contributed by atoms with van der Waals surface area (Å²) in [4.78, 5) is 23.6. The zero-order valence-corrected chi connectivity index (χ0v) is 14.8. The molecule has 0 unspecified atom stereocenters. The van der Waals surface area contributed by atoms with Crippen LogP contribution in [0.4, 0.5) is 0 Å². The van der Waals surface area contributed by atoms with Gasteiger partial charge in [0.1, 0.15) is 12.4 Å². The monoisotopic (exact) mass is 351 g/mol. The molecule has 0 saturated heterocycles. The number of nitrogens with one attached hydrogen (secondary N) is 1. The number of allylic oxidation sites excluding steroid dienone is 1. The fourth-order valence-electron chi connectivity index (χ4n) is 2.17. The number of hydrogen-bond donors (Lipinski definition) is 2. The maximum absolute atomic E-state index is 12.2. The number of aliphatic hydroxyl groups is 1. The number of esters is 1. The third-order valence-corrected chi connectivity index (χ3v) is 3.26. The lowest BCUT2D eigenvalue weighted by atomic mass is 10.1. The van der Waals surface area contributed by atoms with Crippen molar-refractivity contribution in [2.45, 2.75) is 13.8 Å². The first kappa shape index (κ1) is 20.0. The van der Waals surface area contributed by atoms with Crippen molar-refractivity contribution in [3.63, 3.8) is 0 Å². The third kappa shape index (κ3) is 4.72. The van der Waals surface area contributed by atoms with Crippen LogP contribution in [0.2, 0.25) is 0 Å². The Morgan fingerprint density at radius 2 is 1.56 bits per heavy atom. The van der Waals surface area contributed by atoms with Crippen LogP contribution in [0, 0.1) is 5.41 Å². The molecule has 0 aliphatic carbocycles. The molecule has 0 radical (unpaired) electrons. The van der Waals surface area contributed by atoms with Crippen LogP contribution in [0.25, 0.3) is 0 Å². The Bertz CT molecular complexity index is 681. The highest BCUT2D eigenvalue weighted by atomic mass is 16.5. The number of Topliss-reactive ketones (excluding diaryl/α,β-unsaturated/α-hetero) is 1. The van der Waals surface area contributed by atoms with Crippen LogP contribution in [0.3, 0.4) is 0 Å². The molecule has 1 aromatic carbocycles. The molecule has 8 nitrogen and oxygen atoms in total. The Kier molecular flexibility index (Phi) is 6.98. The van der Waals surface area contributed by atoms with Gasteiger partial charge in [0.05, 0.1) is 32.5 Å². The second-order valence-electron chi connectivity index (χ2n) is 4.99. The molecule has 0 heterocycles. The van der Waals surface area contributed by atoms with Crippen LogP contribution in [0.1, 0.15) is 24.2 Å². The highest BCUT2D eigenvalue weighted by molar-refractivity contribution is 6.19. The minimum Gasteiger partial charge on any atom is -0.508 e. The average molecular weight is 351 g/mol. The summed E-state index contributed by atoms with van der Waals surface area (Å²) in [7, 11) is 4.25. The molecule has 0 amide bonds. The van der Waals surface area contributed by atoms with Crippen molar-refractivity contribution >= 4 is 17.5 Å². The fraction of sp³-hybridized carbons (Fsp3) is 0.353. The molecule has 0 aliphatic heterocycles. The number of methoxy groups -OCH3 is 3. The van der Waals surface area contributed by atoms with Gasteiger partial charge in [-0.15, -0.1) is 0 Å². The summed E-state index contributed by atoms with van der Waals surface area (Å²) in [5.41, 5.74) is -0.190. The van der Waals surface area contributed by atoms with Crippen molar-refractivity contribution in [3.05, 3.63) is 29.0 Å². The van der Waals surface area contributed by atoms with Gasteiger partial charge in [0, 0.05) is 5.71 Å². The number of ketones is 1. The van der Waals surface area contributed by atoms with Crippen LogP contribution in [0.15, 0.2) is 23.5 Å². The molecule has 8 heteroatoms. The molecule has 0 saturated carbocycles. The molecule has 136 valence electrons. The maximum Gasteiger partial charge on any atom is 0.338 e. The van der Waals surface area contributed by atoms with Gasteiger partial charge >= 0.3 is 5.97 Å². The van der Waals surface area contributed by atoms with E-state index in [-0.39, 0.29) is 28.3 Å². The SMILES string of the molecule is COc1cc(C(=O)OC/C(O)=C(\C(C)=N)C(C)=O)cc(OC)c1OC. The quantitative estimate of drug-likeness (QED) is 0.319. The van der Waals surface area contributed by atoms with Gasteiger partial charge in [-0.25, -0.2) is 4.79 Å². The van der Waals surface area contributed by atoms with E-state index in [0.717, 1.165) is 0 Å². The summed E-state index contributed by atoms with van der Waals surface area (Å²) >= 11 is 0. The van der Waals surface area contributed by atoms with Crippen LogP contribution in [-0.2, 0) is 9.53 Å². The fourth-order valence-corrected chi connectivity index (χ4v) is 2.17. The van der Waals surface area contributed by atoms with E-state index in [9.17, 15) is 14.7 Å². The molecule has 0 aliphatic rings. The van der Waals surface area contributed by atoms with Gasteiger partial charge in [0.2, 0.25) is 5.75 Å². The van der Waals surface area contributed by atoms with E-state index in [1.165, 1.54) is 47.3 Å². The van der Waals surface area contributed by atoms with Crippen molar-refractivity contribution < 1.29 is 33.6 Å². The van der Waals surface area contributed by atoms with Crippen molar-refractivity contribution in [2.24, 2.45) is 0 Å². The Hall–Kier alpha value is -3.03. The lowest BCUT2D eigenvalue weighted by Gasteiger charge is -2.14. The van der Waals surface area contributed by atoms with Gasteiger partial charge in [-0.3, -0.25) is 4.79 Å². The molecule has 0 aromatic heterocycles. The van der Waals surface area contributed by atoms with Crippen molar-refractivity contribution in [2.75, 3.05) is 27.9 Å². The number of hydrogen-bond acceptors (Lipinski definition) is 8. The molecule has 0 spiro atoms. The van der Waals surface area contributed by atoms with Crippen LogP contribution in [-0.4, -0.2) is 50.5 Å². The number of benzene rings is 1. The van der Waals surface area contributed by atoms with E-state index >= 15 is 0 Å². The first-order valence-electron chi connectivity index (χ1n) is 7.22. The lowest BCUT2D eigenvalue weighted by Crippen LogP contribution is -2.15. The number of ether oxygens (including phenoxy) is 4. The minimum atomic E-state index is -0.767. The summed E-state index contributed by atoms with van der Waals surface area (Å²) in [5, 5.41) is 17.4. The lowest BCUT2D eigenvalue weighted by molar-refractivity contribution is -0.113. The summed E-state index contributed by atoms with van der Waals surface area (Å²) in [5.74, 6) is -0.879. The Labute approximate surface area is 145 Å². The standard InChI is InChI=1S/C17H21NO7/c1-9(18)15(10(2)19)12(20)8-25-17(21)11-6-13(22-3)16(24-5)14(7-11)23-4/h6-7,18,20H,8H2,1-5H3/b15-12-,18-9?. The van der Waals surface area contributed by atoms with Crippen LogP contribution in [0.5, 0.6) is 17.2 Å². The number of carbonyl (C=O) groups is 2. The molecule has 0 bridgehead atoms. The average Bonchev–Trinajstić information content (AvgIpc) is 2.57. The Morgan fingerprint density at radius 3 is 1.92 bits per heavy atom. The topological polar surface area (TPSA) is 115 Å². The first-order valence-corrected chi connectivity index (χ1v) is 7.22. The molecule has 2 N–H and O–H groups in total. The van der Waals surface area contributed by atoms with Gasteiger partial charge < -0.3 is 29.5 Å². The second kappa shape index (κ2) is 8.72. The third-order valence-electron chi connectivity index (χ3n) is 3.26. The maximum atomic E-state index is 12.2. The Morgan fingerprint density at radius 1 is 1.04 bits per heavy atom. The molecular formula is C17H21NO7. The molecule has 1 aromatic rings. The normalized spacial score (nSPS) is 11.2. The second-order valence-corrected chi connectivity index (χ2v) is 4.99.